The summed E-state index contributed by atoms with van der Waals surface area (Å²) in [5.41, 5.74) is 0.713. The number of carbonyl (C=O) groups is 1. The largest absolute Gasteiger partial charge is 0.462 e. The summed E-state index contributed by atoms with van der Waals surface area (Å²) in [6, 6.07) is 5.78. The van der Waals surface area contributed by atoms with E-state index < -0.39 is 5.97 Å². The molecule has 0 radical (unpaired) electrons. The molecule has 0 spiro atoms. The Hall–Kier alpha value is -1.45. The van der Waals surface area contributed by atoms with Gasteiger partial charge in [0.05, 0.1) is 12.1 Å². The zero-order valence-corrected chi connectivity index (χ0v) is 17.4. The average molecular weight is 469 g/mol. The number of ether oxygens (including phenoxy) is 1. The predicted octanol–water partition coefficient (Wildman–Crippen LogP) is 2.03. The lowest BCUT2D eigenvalue weighted by atomic mass is 10.1. The second-order valence-corrected chi connectivity index (χ2v) is 7.84. The second kappa shape index (κ2) is 8.49. The van der Waals surface area contributed by atoms with Gasteiger partial charge in [-0.05, 0) is 54.8 Å². The fourth-order valence-electron chi connectivity index (χ4n) is 3.23. The predicted molar refractivity (Wildman–Crippen MR) is 111 cm³/mol. The van der Waals surface area contributed by atoms with Crippen molar-refractivity contribution in [2.24, 2.45) is 0 Å². The van der Waals surface area contributed by atoms with Gasteiger partial charge in [0, 0.05) is 54.4 Å². The molecule has 0 aliphatic carbocycles. The number of hydrogen-bond donors (Lipinski definition) is 0. The van der Waals surface area contributed by atoms with Gasteiger partial charge in [-0.3, -0.25) is 9.69 Å². The van der Waals surface area contributed by atoms with E-state index in [0.717, 1.165) is 48.4 Å². The van der Waals surface area contributed by atoms with Crippen LogP contribution in [0.5, 0.6) is 0 Å². The molecular weight excluding hydrogens is 445 g/mol. The van der Waals surface area contributed by atoms with Crippen molar-refractivity contribution in [1.29, 1.82) is 0 Å². The number of fused-ring (bicyclic) bond motifs is 1. The molecular formula is C19H24IN3O3. The molecule has 1 fully saturated rings. The summed E-state index contributed by atoms with van der Waals surface area (Å²) in [4.78, 5) is 29.7. The average Bonchev–Trinajstić information content (AvgIpc) is 2.63. The zero-order valence-electron chi connectivity index (χ0n) is 15.2. The van der Waals surface area contributed by atoms with Gasteiger partial charge in [-0.1, -0.05) is 0 Å². The molecule has 0 atom stereocenters. The van der Waals surface area contributed by atoms with Gasteiger partial charge >= 0.3 is 5.97 Å². The number of rotatable bonds is 5. The first kappa shape index (κ1) is 19.3. The molecule has 6 nitrogen and oxygen atoms in total. The van der Waals surface area contributed by atoms with E-state index in [0.29, 0.717) is 5.39 Å². The number of aromatic nitrogens is 1. The van der Waals surface area contributed by atoms with Crippen LogP contribution in [0, 0.1) is 3.57 Å². The zero-order chi connectivity index (χ0) is 18.7. The highest BCUT2D eigenvalue weighted by Crippen LogP contribution is 2.17. The van der Waals surface area contributed by atoms with Crippen LogP contribution in [0.15, 0.2) is 29.2 Å². The maximum Gasteiger partial charge on any atom is 0.343 e. The molecule has 2 heterocycles. The Kier molecular flexibility index (Phi) is 6.31. The molecule has 0 bridgehead atoms. The molecule has 0 N–H and O–H groups in total. The van der Waals surface area contributed by atoms with Gasteiger partial charge in [0.2, 0.25) is 5.43 Å². The van der Waals surface area contributed by atoms with Crippen molar-refractivity contribution in [2.75, 3.05) is 46.4 Å². The first-order valence-corrected chi connectivity index (χ1v) is 9.98. The first-order chi connectivity index (χ1) is 12.5. The smallest absolute Gasteiger partial charge is 0.343 e. The van der Waals surface area contributed by atoms with Gasteiger partial charge in [-0.15, -0.1) is 0 Å². The third-order valence-electron chi connectivity index (χ3n) is 4.79. The van der Waals surface area contributed by atoms with Crippen LogP contribution in [-0.4, -0.2) is 66.7 Å². The third kappa shape index (κ3) is 4.27. The minimum atomic E-state index is -0.549. The van der Waals surface area contributed by atoms with Gasteiger partial charge in [-0.25, -0.2) is 4.79 Å². The topological polar surface area (TPSA) is 54.8 Å². The standard InChI is InChI=1S/C19H24IN3O3/c1-3-26-19(25)16-13-23(11-10-22-8-6-21(2)7-9-22)17-5-4-14(20)12-15(17)18(16)24/h4-5,12-13H,3,6-11H2,1-2H3. The first-order valence-electron chi connectivity index (χ1n) is 8.90. The van der Waals surface area contributed by atoms with Gasteiger partial charge in [0.1, 0.15) is 5.56 Å². The molecule has 3 rings (SSSR count). The molecule has 1 aliphatic heterocycles. The van der Waals surface area contributed by atoms with Crippen molar-refractivity contribution in [3.8, 4) is 0 Å². The van der Waals surface area contributed by atoms with Crippen molar-refractivity contribution in [1.82, 2.24) is 14.4 Å². The monoisotopic (exact) mass is 469 g/mol. The summed E-state index contributed by atoms with van der Waals surface area (Å²) in [5, 5.41) is 0.570. The molecule has 1 aromatic carbocycles. The number of likely N-dealkylation sites (N-methyl/N-ethyl adjacent to an activating group) is 1. The van der Waals surface area contributed by atoms with Crippen LogP contribution >= 0.6 is 22.6 Å². The lowest BCUT2D eigenvalue weighted by Gasteiger charge is -2.32. The fourth-order valence-corrected chi connectivity index (χ4v) is 3.72. The molecule has 0 unspecified atom stereocenters. The van der Waals surface area contributed by atoms with Gasteiger partial charge < -0.3 is 14.2 Å². The van der Waals surface area contributed by atoms with Crippen molar-refractivity contribution < 1.29 is 9.53 Å². The Morgan fingerprint density at radius 1 is 1.19 bits per heavy atom. The summed E-state index contributed by atoms with van der Waals surface area (Å²) in [6.45, 7) is 7.83. The molecule has 1 aliphatic rings. The van der Waals surface area contributed by atoms with Crippen LogP contribution in [-0.2, 0) is 11.3 Å². The minimum absolute atomic E-state index is 0.111. The highest BCUT2D eigenvalue weighted by atomic mass is 127. The number of benzene rings is 1. The van der Waals surface area contributed by atoms with Crippen LogP contribution in [0.4, 0.5) is 0 Å². The Labute approximate surface area is 166 Å². The quantitative estimate of drug-likeness (QED) is 0.496. The van der Waals surface area contributed by atoms with Crippen molar-refractivity contribution in [3.05, 3.63) is 43.8 Å². The second-order valence-electron chi connectivity index (χ2n) is 6.59. The third-order valence-corrected chi connectivity index (χ3v) is 5.46. The number of hydrogen-bond acceptors (Lipinski definition) is 5. The fraction of sp³-hybridized carbons (Fsp3) is 0.474. The molecule has 0 saturated carbocycles. The van der Waals surface area contributed by atoms with E-state index in [-0.39, 0.29) is 17.6 Å². The molecule has 140 valence electrons. The van der Waals surface area contributed by atoms with E-state index in [2.05, 4.69) is 39.4 Å². The molecule has 26 heavy (non-hydrogen) atoms. The van der Waals surface area contributed by atoms with Gasteiger partial charge in [0.25, 0.3) is 0 Å². The number of halogens is 1. The SMILES string of the molecule is CCOC(=O)c1cn(CCN2CCN(C)CC2)c2ccc(I)cc2c1=O. The summed E-state index contributed by atoms with van der Waals surface area (Å²) in [5.74, 6) is -0.549. The van der Waals surface area contributed by atoms with Gasteiger partial charge in [0.15, 0.2) is 0 Å². The van der Waals surface area contributed by atoms with Crippen LogP contribution in [0.2, 0.25) is 0 Å². The summed E-state index contributed by atoms with van der Waals surface area (Å²) in [6.07, 6.45) is 1.66. The molecule has 1 saturated heterocycles. The summed E-state index contributed by atoms with van der Waals surface area (Å²) in [7, 11) is 2.14. The van der Waals surface area contributed by atoms with E-state index in [1.165, 1.54) is 0 Å². The van der Waals surface area contributed by atoms with Crippen molar-refractivity contribution >= 4 is 39.5 Å². The Morgan fingerprint density at radius 3 is 2.62 bits per heavy atom. The number of esters is 1. The Balaban J connectivity index is 1.93. The highest BCUT2D eigenvalue weighted by molar-refractivity contribution is 14.1. The molecule has 1 aromatic heterocycles. The van der Waals surface area contributed by atoms with E-state index >= 15 is 0 Å². The summed E-state index contributed by atoms with van der Waals surface area (Å²) >= 11 is 2.18. The van der Waals surface area contributed by atoms with E-state index in [1.807, 2.05) is 22.8 Å². The van der Waals surface area contributed by atoms with Crippen LogP contribution < -0.4 is 5.43 Å². The summed E-state index contributed by atoms with van der Waals surface area (Å²) < 4.78 is 8.06. The van der Waals surface area contributed by atoms with E-state index in [4.69, 9.17) is 4.74 Å². The van der Waals surface area contributed by atoms with Crippen molar-refractivity contribution in [2.45, 2.75) is 13.5 Å². The highest BCUT2D eigenvalue weighted by Gasteiger charge is 2.18. The van der Waals surface area contributed by atoms with E-state index in [9.17, 15) is 9.59 Å². The molecule has 0 amide bonds. The molecule has 7 heteroatoms. The van der Waals surface area contributed by atoms with Crippen molar-refractivity contribution in [3.63, 3.8) is 0 Å². The molecule has 2 aromatic rings. The van der Waals surface area contributed by atoms with Crippen LogP contribution in [0.25, 0.3) is 10.9 Å². The van der Waals surface area contributed by atoms with Crippen LogP contribution in [0.3, 0.4) is 0 Å². The lowest BCUT2D eigenvalue weighted by molar-refractivity contribution is 0.0524. The van der Waals surface area contributed by atoms with Gasteiger partial charge in [-0.2, -0.15) is 0 Å². The number of carbonyl (C=O) groups excluding carboxylic acids is 1. The maximum atomic E-state index is 12.8. The normalized spacial score (nSPS) is 16.1. The number of nitrogens with zero attached hydrogens (tertiary/aromatic N) is 3. The minimum Gasteiger partial charge on any atom is -0.462 e. The van der Waals surface area contributed by atoms with E-state index in [1.54, 1.807) is 13.1 Å². The maximum absolute atomic E-state index is 12.8. The van der Waals surface area contributed by atoms with Crippen LogP contribution in [0.1, 0.15) is 17.3 Å². The number of pyridine rings is 1. The Morgan fingerprint density at radius 2 is 1.92 bits per heavy atom. The lowest BCUT2D eigenvalue weighted by Crippen LogP contribution is -2.45. The number of piperazine rings is 1. The Bertz CT molecular complexity index is 857.